The summed E-state index contributed by atoms with van der Waals surface area (Å²) in [7, 11) is -6.05. The first-order valence-corrected chi connectivity index (χ1v) is 12.3. The number of nitrogens with two attached hydrogens (primary N) is 1. The molecule has 168 valence electrons. The van der Waals surface area contributed by atoms with Crippen molar-refractivity contribution in [3.63, 3.8) is 0 Å². The number of anilines is 2. The second-order valence-corrected chi connectivity index (χ2v) is 10.2. The molecule has 0 saturated carbocycles. The van der Waals surface area contributed by atoms with Gasteiger partial charge in [0.15, 0.2) is 6.61 Å². The van der Waals surface area contributed by atoms with Crippen molar-refractivity contribution in [2.45, 2.75) is 9.79 Å². The second kappa shape index (κ2) is 9.39. The van der Waals surface area contributed by atoms with Crippen LogP contribution in [0.1, 0.15) is 0 Å². The van der Waals surface area contributed by atoms with E-state index in [1.54, 1.807) is 42.5 Å². The van der Waals surface area contributed by atoms with Crippen LogP contribution >= 0.6 is 0 Å². The molecule has 11 heteroatoms. The molecule has 3 aromatic rings. The quantitative estimate of drug-likeness (QED) is 0.512. The van der Waals surface area contributed by atoms with E-state index < -0.39 is 26.0 Å². The lowest BCUT2D eigenvalue weighted by atomic mass is 10.3. The molecule has 0 spiro atoms. The van der Waals surface area contributed by atoms with Gasteiger partial charge < -0.3 is 10.1 Å². The van der Waals surface area contributed by atoms with Crippen LogP contribution in [0, 0.1) is 0 Å². The number of nitrogens with one attached hydrogen (secondary N) is 1. The van der Waals surface area contributed by atoms with Gasteiger partial charge in [0.25, 0.3) is 15.9 Å². The number of rotatable bonds is 8. The third kappa shape index (κ3) is 5.63. The van der Waals surface area contributed by atoms with Gasteiger partial charge in [0.05, 0.1) is 15.5 Å². The molecular formula is C21H21N3O6S2. The van der Waals surface area contributed by atoms with Crippen LogP contribution in [0.2, 0.25) is 0 Å². The first kappa shape index (κ1) is 23.3. The van der Waals surface area contributed by atoms with E-state index in [1.165, 1.54) is 43.4 Å². The number of benzene rings is 3. The molecule has 0 aliphatic rings. The zero-order valence-corrected chi connectivity index (χ0v) is 18.6. The molecule has 0 fully saturated rings. The molecule has 0 atom stereocenters. The summed E-state index contributed by atoms with van der Waals surface area (Å²) in [5.74, 6) is -0.0832. The molecular weight excluding hydrogens is 454 g/mol. The maximum atomic E-state index is 12.7. The van der Waals surface area contributed by atoms with Crippen molar-refractivity contribution in [1.29, 1.82) is 0 Å². The summed E-state index contributed by atoms with van der Waals surface area (Å²) >= 11 is 0. The lowest BCUT2D eigenvalue weighted by molar-refractivity contribution is -0.118. The van der Waals surface area contributed by atoms with Crippen molar-refractivity contribution >= 4 is 37.3 Å². The van der Waals surface area contributed by atoms with Crippen LogP contribution in [0.25, 0.3) is 0 Å². The zero-order valence-electron chi connectivity index (χ0n) is 17.0. The Morgan fingerprint density at radius 2 is 1.47 bits per heavy atom. The summed E-state index contributed by atoms with van der Waals surface area (Å²) in [4.78, 5) is 12.2. The van der Waals surface area contributed by atoms with E-state index in [-0.39, 0.29) is 16.4 Å². The molecule has 1 amide bonds. The van der Waals surface area contributed by atoms with Crippen molar-refractivity contribution < 1.29 is 26.4 Å². The van der Waals surface area contributed by atoms with Gasteiger partial charge in [-0.3, -0.25) is 9.10 Å². The number of hydrogen-bond donors (Lipinski definition) is 2. The van der Waals surface area contributed by atoms with Crippen LogP contribution in [-0.2, 0) is 24.8 Å². The van der Waals surface area contributed by atoms with E-state index in [1.807, 2.05) is 0 Å². The minimum atomic E-state index is -3.81. The normalized spacial score (nSPS) is 11.6. The van der Waals surface area contributed by atoms with Gasteiger partial charge in [-0.05, 0) is 60.7 Å². The van der Waals surface area contributed by atoms with Gasteiger partial charge in [0, 0.05) is 12.7 Å². The highest BCUT2D eigenvalue weighted by molar-refractivity contribution is 7.92. The van der Waals surface area contributed by atoms with Crippen LogP contribution < -0.4 is 19.5 Å². The maximum absolute atomic E-state index is 12.7. The molecule has 32 heavy (non-hydrogen) atoms. The van der Waals surface area contributed by atoms with E-state index in [0.717, 1.165) is 4.31 Å². The van der Waals surface area contributed by atoms with E-state index in [0.29, 0.717) is 17.1 Å². The van der Waals surface area contributed by atoms with Crippen molar-refractivity contribution in [3.05, 3.63) is 78.9 Å². The summed E-state index contributed by atoms with van der Waals surface area (Å²) < 4.78 is 54.5. The molecule has 0 aliphatic heterocycles. The lowest BCUT2D eigenvalue weighted by Crippen LogP contribution is -2.26. The van der Waals surface area contributed by atoms with Gasteiger partial charge in [-0.15, -0.1) is 0 Å². The summed E-state index contributed by atoms with van der Waals surface area (Å²) in [6.45, 7) is -0.297. The maximum Gasteiger partial charge on any atom is 0.264 e. The highest BCUT2D eigenvalue weighted by Gasteiger charge is 2.20. The number of amides is 1. The molecule has 3 N–H and O–H groups in total. The smallest absolute Gasteiger partial charge is 0.264 e. The van der Waals surface area contributed by atoms with Crippen LogP contribution in [-0.4, -0.2) is 36.4 Å². The fraction of sp³-hybridized carbons (Fsp3) is 0.0952. The minimum absolute atomic E-state index is 0.0638. The molecule has 3 rings (SSSR count). The van der Waals surface area contributed by atoms with Gasteiger partial charge >= 0.3 is 0 Å². The van der Waals surface area contributed by atoms with E-state index >= 15 is 0 Å². The molecule has 0 aliphatic carbocycles. The molecule has 0 aromatic heterocycles. The Labute approximate surface area is 186 Å². The predicted octanol–water partition coefficient (Wildman–Crippen LogP) is 2.18. The molecule has 0 heterocycles. The first-order valence-electron chi connectivity index (χ1n) is 9.27. The van der Waals surface area contributed by atoms with Crippen LogP contribution in [0.5, 0.6) is 5.75 Å². The highest BCUT2D eigenvalue weighted by atomic mass is 32.2. The number of primary sulfonamides is 1. The molecule has 3 aromatic carbocycles. The Balaban J connectivity index is 1.58. The lowest BCUT2D eigenvalue weighted by Gasteiger charge is -2.19. The number of nitrogens with zero attached hydrogens (tertiary/aromatic N) is 1. The monoisotopic (exact) mass is 475 g/mol. The highest BCUT2D eigenvalue weighted by Crippen LogP contribution is 2.24. The van der Waals surface area contributed by atoms with Crippen molar-refractivity contribution in [2.24, 2.45) is 5.14 Å². The Hall–Kier alpha value is -3.41. The van der Waals surface area contributed by atoms with E-state index in [4.69, 9.17) is 9.88 Å². The van der Waals surface area contributed by atoms with Crippen LogP contribution in [0.4, 0.5) is 11.4 Å². The summed E-state index contributed by atoms with van der Waals surface area (Å²) in [6.07, 6.45) is 0. The summed E-state index contributed by atoms with van der Waals surface area (Å²) in [5.41, 5.74) is 0.815. The van der Waals surface area contributed by atoms with Gasteiger partial charge in [0.1, 0.15) is 5.75 Å². The average Bonchev–Trinajstić information content (AvgIpc) is 2.78. The van der Waals surface area contributed by atoms with Gasteiger partial charge in [0.2, 0.25) is 10.0 Å². The number of hydrogen-bond acceptors (Lipinski definition) is 6. The third-order valence-corrected chi connectivity index (χ3v) is 7.17. The largest absolute Gasteiger partial charge is 0.484 e. The second-order valence-electron chi connectivity index (χ2n) is 6.69. The SMILES string of the molecule is CN(c1ccc(OCC(=O)Nc2ccc(S(N)(=O)=O)cc2)cc1)S(=O)(=O)c1ccccc1. The Kier molecular flexibility index (Phi) is 6.82. The topological polar surface area (TPSA) is 136 Å². The first-order chi connectivity index (χ1) is 15.1. The zero-order chi connectivity index (χ0) is 23.4. The molecule has 0 unspecified atom stereocenters. The third-order valence-electron chi connectivity index (χ3n) is 4.44. The van der Waals surface area contributed by atoms with Crippen molar-refractivity contribution in [3.8, 4) is 5.75 Å². The van der Waals surface area contributed by atoms with Crippen molar-refractivity contribution in [1.82, 2.24) is 0 Å². The number of carbonyl (C=O) groups is 1. The molecule has 0 bridgehead atoms. The number of sulfonamides is 2. The van der Waals surface area contributed by atoms with Crippen molar-refractivity contribution in [2.75, 3.05) is 23.3 Å². The van der Waals surface area contributed by atoms with Gasteiger partial charge in [-0.25, -0.2) is 22.0 Å². The Morgan fingerprint density at radius 1 is 0.875 bits per heavy atom. The summed E-state index contributed by atoms with van der Waals surface area (Å²) in [5, 5.41) is 7.60. The fourth-order valence-corrected chi connectivity index (χ4v) is 4.45. The van der Waals surface area contributed by atoms with E-state index in [2.05, 4.69) is 5.32 Å². The summed E-state index contributed by atoms with van der Waals surface area (Å²) in [6, 6.07) is 19.7. The van der Waals surface area contributed by atoms with Crippen LogP contribution in [0.15, 0.2) is 88.7 Å². The Morgan fingerprint density at radius 3 is 2.03 bits per heavy atom. The standard InChI is InChI=1S/C21H21N3O6S2/c1-24(32(28,29)20-5-3-2-4-6-20)17-9-11-18(12-10-17)30-15-21(25)23-16-7-13-19(14-8-16)31(22,26)27/h2-14H,15H2,1H3,(H,23,25)(H2,22,26,27). The van der Waals surface area contributed by atoms with Gasteiger partial charge in [-0.2, -0.15) is 0 Å². The van der Waals surface area contributed by atoms with Crippen LogP contribution in [0.3, 0.4) is 0 Å². The number of ether oxygens (including phenoxy) is 1. The number of carbonyl (C=O) groups excluding carboxylic acids is 1. The minimum Gasteiger partial charge on any atom is -0.484 e. The molecule has 0 saturated heterocycles. The Bertz CT molecular complexity index is 1290. The average molecular weight is 476 g/mol. The molecule has 0 radical (unpaired) electrons. The fourth-order valence-electron chi connectivity index (χ4n) is 2.72. The van der Waals surface area contributed by atoms with Gasteiger partial charge in [-0.1, -0.05) is 18.2 Å². The van der Waals surface area contributed by atoms with E-state index in [9.17, 15) is 21.6 Å². The predicted molar refractivity (Wildman–Crippen MR) is 120 cm³/mol. The molecule has 9 nitrogen and oxygen atoms in total.